The van der Waals surface area contributed by atoms with Crippen LogP contribution in [0.2, 0.25) is 5.02 Å². The van der Waals surface area contributed by atoms with E-state index < -0.39 is 9.84 Å². The van der Waals surface area contributed by atoms with Crippen LogP contribution in [0.15, 0.2) is 48.9 Å². The molecule has 0 unspecified atom stereocenters. The number of fused-ring (bicyclic) bond motifs is 2. The molecule has 1 aliphatic heterocycles. The average molecular weight is 523 g/mol. The van der Waals surface area contributed by atoms with Crippen LogP contribution in [0, 0.1) is 12.8 Å². The number of hydrogen-bond donors (Lipinski definition) is 1. The molecule has 0 saturated carbocycles. The second-order valence-corrected chi connectivity index (χ2v) is 11.8. The third-order valence-electron chi connectivity index (χ3n) is 6.35. The summed E-state index contributed by atoms with van der Waals surface area (Å²) in [5, 5.41) is 4.79. The molecule has 0 radical (unpaired) electrons. The number of imidazole rings is 1. The van der Waals surface area contributed by atoms with Crippen molar-refractivity contribution in [2.45, 2.75) is 26.3 Å². The molecule has 5 aromatic rings. The SMILES string of the molecule is Cc1nc2ccc(Oc3ccc4ncc(-c5cnn(C[C@H]6CCCS(=O)(=O)C6)c5)nc4c3Cl)cc2[nH]1. The summed E-state index contributed by atoms with van der Waals surface area (Å²) in [7, 11) is -2.96. The van der Waals surface area contributed by atoms with E-state index >= 15 is 0 Å². The van der Waals surface area contributed by atoms with Crippen molar-refractivity contribution in [3.05, 3.63) is 59.8 Å². The van der Waals surface area contributed by atoms with Gasteiger partial charge in [0.05, 0.1) is 46.1 Å². The fraction of sp³-hybridized carbons (Fsp3) is 0.280. The minimum absolute atomic E-state index is 0.0678. The van der Waals surface area contributed by atoms with E-state index in [4.69, 9.17) is 21.3 Å². The van der Waals surface area contributed by atoms with Gasteiger partial charge in [-0.05, 0) is 49.9 Å². The highest BCUT2D eigenvalue weighted by atomic mass is 35.5. The predicted molar refractivity (Wildman–Crippen MR) is 138 cm³/mol. The van der Waals surface area contributed by atoms with E-state index in [-0.39, 0.29) is 17.4 Å². The van der Waals surface area contributed by atoms with Gasteiger partial charge in [0, 0.05) is 24.4 Å². The topological polar surface area (TPSA) is 116 Å². The van der Waals surface area contributed by atoms with Gasteiger partial charge < -0.3 is 9.72 Å². The van der Waals surface area contributed by atoms with E-state index in [0.29, 0.717) is 46.2 Å². The number of halogens is 1. The van der Waals surface area contributed by atoms with E-state index in [1.807, 2.05) is 37.4 Å². The third kappa shape index (κ3) is 4.54. The first-order valence-corrected chi connectivity index (χ1v) is 13.9. The molecule has 0 amide bonds. The maximum Gasteiger partial charge on any atom is 0.150 e. The molecule has 9 nitrogen and oxygen atoms in total. The molecule has 4 heterocycles. The van der Waals surface area contributed by atoms with Gasteiger partial charge in [-0.2, -0.15) is 5.10 Å². The number of nitrogens with zero attached hydrogens (tertiary/aromatic N) is 5. The standard InChI is InChI=1S/C25H23ClN6O3S/c1-15-29-19-5-4-18(9-21(19)30-15)35-23-7-6-20-25(24(23)26)31-22(11-27-20)17-10-28-32(13-17)12-16-3-2-8-36(33,34)14-16/h4-7,9-11,13,16H,2-3,8,12,14H2,1H3,(H,29,30)/t16-/m1/s1. The van der Waals surface area contributed by atoms with E-state index in [2.05, 4.69) is 20.1 Å². The molecule has 1 atom stereocenters. The molecule has 1 N–H and O–H groups in total. The Hall–Kier alpha value is -3.50. The number of rotatable bonds is 5. The number of aromatic nitrogens is 6. The van der Waals surface area contributed by atoms with Gasteiger partial charge in [0.15, 0.2) is 9.84 Å². The van der Waals surface area contributed by atoms with Gasteiger partial charge >= 0.3 is 0 Å². The number of ether oxygens (including phenoxy) is 1. The Labute approximate surface area is 212 Å². The van der Waals surface area contributed by atoms with E-state index in [1.165, 1.54) is 0 Å². The second kappa shape index (κ2) is 8.86. The highest BCUT2D eigenvalue weighted by Gasteiger charge is 2.25. The van der Waals surface area contributed by atoms with Crippen molar-refractivity contribution in [3.63, 3.8) is 0 Å². The zero-order valence-corrected chi connectivity index (χ0v) is 21.1. The molecule has 0 spiro atoms. The summed E-state index contributed by atoms with van der Waals surface area (Å²) in [5.41, 5.74) is 4.33. The highest BCUT2D eigenvalue weighted by molar-refractivity contribution is 7.91. The number of benzene rings is 2. The molecule has 6 rings (SSSR count). The number of H-pyrrole nitrogens is 1. The van der Waals surface area contributed by atoms with Gasteiger partial charge in [-0.15, -0.1) is 0 Å². The first-order valence-electron chi connectivity index (χ1n) is 11.7. The summed E-state index contributed by atoms with van der Waals surface area (Å²) in [6, 6.07) is 9.21. The lowest BCUT2D eigenvalue weighted by molar-refractivity contribution is 0.406. The van der Waals surface area contributed by atoms with Crippen molar-refractivity contribution in [1.82, 2.24) is 29.7 Å². The molecule has 2 aromatic carbocycles. The molecule has 1 fully saturated rings. The third-order valence-corrected chi connectivity index (χ3v) is 8.60. The minimum Gasteiger partial charge on any atom is -0.456 e. The monoisotopic (exact) mass is 522 g/mol. The number of nitrogens with one attached hydrogen (secondary N) is 1. The van der Waals surface area contributed by atoms with Crippen LogP contribution in [0.1, 0.15) is 18.7 Å². The first-order chi connectivity index (χ1) is 17.3. The van der Waals surface area contributed by atoms with Crippen LogP contribution in [0.5, 0.6) is 11.5 Å². The van der Waals surface area contributed by atoms with E-state index in [0.717, 1.165) is 28.8 Å². The summed E-state index contributed by atoms with van der Waals surface area (Å²) in [6.07, 6.45) is 6.85. The van der Waals surface area contributed by atoms with Crippen LogP contribution in [0.3, 0.4) is 0 Å². The molecule has 3 aromatic heterocycles. The first kappa shape index (κ1) is 22.9. The molecule has 184 valence electrons. The number of aryl methyl sites for hydroxylation is 1. The van der Waals surface area contributed by atoms with Crippen molar-refractivity contribution in [3.8, 4) is 22.8 Å². The van der Waals surface area contributed by atoms with Crippen molar-refractivity contribution in [2.24, 2.45) is 5.92 Å². The molecule has 0 bridgehead atoms. The Kier molecular flexibility index (Phi) is 5.65. The van der Waals surface area contributed by atoms with E-state index in [1.54, 1.807) is 23.1 Å². The van der Waals surface area contributed by atoms with Gasteiger partial charge in [-0.25, -0.2) is 18.4 Å². The van der Waals surface area contributed by atoms with Crippen LogP contribution >= 0.6 is 11.6 Å². The van der Waals surface area contributed by atoms with Crippen molar-refractivity contribution in [2.75, 3.05) is 11.5 Å². The smallest absolute Gasteiger partial charge is 0.150 e. The summed E-state index contributed by atoms with van der Waals surface area (Å²) < 4.78 is 31.8. The van der Waals surface area contributed by atoms with Gasteiger partial charge in [0.25, 0.3) is 0 Å². The number of hydrogen-bond acceptors (Lipinski definition) is 7. The average Bonchev–Trinajstić information content (AvgIpc) is 3.45. The van der Waals surface area contributed by atoms with Crippen molar-refractivity contribution >= 4 is 43.5 Å². The molecule has 36 heavy (non-hydrogen) atoms. The summed E-state index contributed by atoms with van der Waals surface area (Å²) in [6.45, 7) is 2.46. The van der Waals surface area contributed by atoms with Crippen molar-refractivity contribution in [1.29, 1.82) is 0 Å². The minimum atomic E-state index is -2.96. The molecule has 1 aliphatic rings. The normalized spacial score (nSPS) is 17.6. The molecule has 1 saturated heterocycles. The fourth-order valence-corrected chi connectivity index (χ4v) is 6.68. The lowest BCUT2D eigenvalue weighted by Gasteiger charge is -2.21. The van der Waals surface area contributed by atoms with Gasteiger partial charge in [0.2, 0.25) is 0 Å². The maximum absolute atomic E-state index is 12.0. The molecule has 0 aliphatic carbocycles. The number of sulfone groups is 1. The number of aromatic amines is 1. The highest BCUT2D eigenvalue weighted by Crippen LogP contribution is 2.35. The Morgan fingerprint density at radius 1 is 1.17 bits per heavy atom. The van der Waals surface area contributed by atoms with Gasteiger partial charge in [-0.1, -0.05) is 11.6 Å². The lowest BCUT2D eigenvalue weighted by atomic mass is 10.1. The van der Waals surface area contributed by atoms with Crippen LogP contribution in [-0.2, 0) is 16.4 Å². The fourth-order valence-electron chi connectivity index (χ4n) is 4.67. The van der Waals surface area contributed by atoms with Crippen LogP contribution in [0.25, 0.3) is 33.3 Å². The van der Waals surface area contributed by atoms with Crippen LogP contribution in [-0.4, -0.2) is 49.6 Å². The van der Waals surface area contributed by atoms with Gasteiger partial charge in [-0.3, -0.25) is 9.67 Å². The summed E-state index contributed by atoms with van der Waals surface area (Å²) in [5.74, 6) is 2.50. The Balaban J connectivity index is 1.26. The van der Waals surface area contributed by atoms with Crippen LogP contribution in [0.4, 0.5) is 0 Å². The zero-order valence-electron chi connectivity index (χ0n) is 19.5. The Bertz CT molecular complexity index is 1710. The molecule has 11 heteroatoms. The zero-order chi connectivity index (χ0) is 24.9. The maximum atomic E-state index is 12.0. The molecular formula is C25H23ClN6O3S. The quantitative estimate of drug-likeness (QED) is 0.347. The van der Waals surface area contributed by atoms with Crippen LogP contribution < -0.4 is 4.74 Å². The summed E-state index contributed by atoms with van der Waals surface area (Å²) >= 11 is 6.71. The largest absolute Gasteiger partial charge is 0.456 e. The Morgan fingerprint density at radius 3 is 2.89 bits per heavy atom. The Morgan fingerprint density at radius 2 is 2.03 bits per heavy atom. The van der Waals surface area contributed by atoms with Gasteiger partial charge in [0.1, 0.15) is 27.9 Å². The second-order valence-electron chi connectivity index (χ2n) is 9.18. The van der Waals surface area contributed by atoms with E-state index in [9.17, 15) is 8.42 Å². The lowest BCUT2D eigenvalue weighted by Crippen LogP contribution is -2.28. The molecular weight excluding hydrogens is 500 g/mol. The van der Waals surface area contributed by atoms with Crippen molar-refractivity contribution < 1.29 is 13.2 Å². The summed E-state index contributed by atoms with van der Waals surface area (Å²) in [4.78, 5) is 16.9. The predicted octanol–water partition coefficient (Wildman–Crippen LogP) is 4.95.